The Kier molecular flexibility index (Phi) is 4.48. The molecule has 0 spiro atoms. The molecule has 1 aromatic carbocycles. The van der Waals surface area contributed by atoms with E-state index in [4.69, 9.17) is 5.11 Å². The van der Waals surface area contributed by atoms with Crippen LogP contribution in [-0.4, -0.2) is 29.9 Å². The molecule has 0 aliphatic carbocycles. The van der Waals surface area contributed by atoms with Crippen molar-refractivity contribution in [2.45, 2.75) is 18.0 Å². The Balaban J connectivity index is 2.06. The molecule has 20 heavy (non-hydrogen) atoms. The number of aromatic nitrogens is 2. The number of hydrogen-bond donors (Lipinski definition) is 2. The van der Waals surface area contributed by atoms with Gasteiger partial charge >= 0.3 is 0 Å². The third kappa shape index (κ3) is 3.62. The summed E-state index contributed by atoms with van der Waals surface area (Å²) in [7, 11) is -3.71. The maximum atomic E-state index is 13.0. The Hall–Kier alpha value is -1.77. The summed E-state index contributed by atoms with van der Waals surface area (Å²) in [6.07, 6.45) is 2.52. The average molecular weight is 299 g/mol. The quantitative estimate of drug-likeness (QED) is 0.813. The number of aliphatic hydroxyl groups is 1. The SMILES string of the molecule is O=S(=O)(NCc1cccc(F)c1)c1cnn(CCO)c1. The fourth-order valence-electron chi connectivity index (χ4n) is 1.62. The molecule has 2 rings (SSSR count). The lowest BCUT2D eigenvalue weighted by molar-refractivity contribution is 0.269. The molecule has 0 saturated carbocycles. The smallest absolute Gasteiger partial charge is 0.243 e. The first kappa shape index (κ1) is 14.6. The molecule has 0 unspecified atom stereocenters. The highest BCUT2D eigenvalue weighted by Crippen LogP contribution is 2.09. The Morgan fingerprint density at radius 2 is 2.20 bits per heavy atom. The zero-order valence-corrected chi connectivity index (χ0v) is 11.3. The number of aliphatic hydroxyl groups excluding tert-OH is 1. The maximum absolute atomic E-state index is 13.0. The standard InChI is InChI=1S/C12H14FN3O3S/c13-11-3-1-2-10(6-11)7-15-20(18,19)12-8-14-16(9-12)4-5-17/h1-3,6,8-9,15,17H,4-5,7H2. The fraction of sp³-hybridized carbons (Fsp3) is 0.250. The Morgan fingerprint density at radius 1 is 1.40 bits per heavy atom. The highest BCUT2D eigenvalue weighted by molar-refractivity contribution is 7.89. The minimum Gasteiger partial charge on any atom is -0.394 e. The van der Waals surface area contributed by atoms with Gasteiger partial charge in [-0.2, -0.15) is 5.10 Å². The molecule has 0 aliphatic heterocycles. The zero-order valence-electron chi connectivity index (χ0n) is 10.5. The predicted octanol–water partition coefficient (Wildman–Crippen LogP) is 0.493. The van der Waals surface area contributed by atoms with Gasteiger partial charge in [-0.1, -0.05) is 12.1 Å². The van der Waals surface area contributed by atoms with Gasteiger partial charge in [0.15, 0.2) is 0 Å². The molecule has 0 saturated heterocycles. The van der Waals surface area contributed by atoms with Crippen LogP contribution in [0.5, 0.6) is 0 Å². The van der Waals surface area contributed by atoms with Gasteiger partial charge in [0.25, 0.3) is 0 Å². The lowest BCUT2D eigenvalue weighted by Gasteiger charge is -2.04. The summed E-state index contributed by atoms with van der Waals surface area (Å²) in [5.74, 6) is -0.419. The minimum absolute atomic E-state index is 0.00218. The maximum Gasteiger partial charge on any atom is 0.243 e. The molecule has 2 aromatic rings. The third-order valence-corrected chi connectivity index (χ3v) is 3.96. The van der Waals surface area contributed by atoms with E-state index in [0.717, 1.165) is 0 Å². The minimum atomic E-state index is -3.71. The predicted molar refractivity (Wildman–Crippen MR) is 69.7 cm³/mol. The number of nitrogens with one attached hydrogen (secondary N) is 1. The lowest BCUT2D eigenvalue weighted by Crippen LogP contribution is -2.23. The zero-order chi connectivity index (χ0) is 14.6. The molecule has 1 heterocycles. The van der Waals surface area contributed by atoms with Gasteiger partial charge in [-0.15, -0.1) is 0 Å². The molecule has 0 fully saturated rings. The second kappa shape index (κ2) is 6.12. The van der Waals surface area contributed by atoms with Gasteiger partial charge in [0.2, 0.25) is 10.0 Å². The number of nitrogens with zero attached hydrogens (tertiary/aromatic N) is 2. The van der Waals surface area contributed by atoms with E-state index in [1.54, 1.807) is 6.07 Å². The number of benzene rings is 1. The van der Waals surface area contributed by atoms with Crippen molar-refractivity contribution in [3.63, 3.8) is 0 Å². The van der Waals surface area contributed by atoms with Crippen molar-refractivity contribution in [1.29, 1.82) is 0 Å². The van der Waals surface area contributed by atoms with Crippen molar-refractivity contribution in [3.8, 4) is 0 Å². The van der Waals surface area contributed by atoms with Crippen LogP contribution in [0.4, 0.5) is 4.39 Å². The summed E-state index contributed by atoms with van der Waals surface area (Å²) in [5.41, 5.74) is 0.524. The number of hydrogen-bond acceptors (Lipinski definition) is 4. The summed E-state index contributed by atoms with van der Waals surface area (Å²) < 4.78 is 40.7. The van der Waals surface area contributed by atoms with Gasteiger partial charge in [0.05, 0.1) is 19.3 Å². The molecule has 1 aromatic heterocycles. The van der Waals surface area contributed by atoms with Crippen molar-refractivity contribution < 1.29 is 17.9 Å². The summed E-state index contributed by atoms with van der Waals surface area (Å²) in [5, 5.41) is 12.6. The molecule has 0 aliphatic rings. The number of halogens is 1. The average Bonchev–Trinajstić information content (AvgIpc) is 2.87. The molecular formula is C12H14FN3O3S. The Bertz CT molecular complexity index is 685. The molecule has 0 radical (unpaired) electrons. The highest BCUT2D eigenvalue weighted by Gasteiger charge is 2.16. The van der Waals surface area contributed by atoms with Gasteiger partial charge in [0.1, 0.15) is 10.7 Å². The summed E-state index contributed by atoms with van der Waals surface area (Å²) >= 11 is 0. The molecular weight excluding hydrogens is 285 g/mol. The fourth-order valence-corrected chi connectivity index (χ4v) is 2.59. The van der Waals surface area contributed by atoms with Crippen LogP contribution in [0.1, 0.15) is 5.56 Å². The van der Waals surface area contributed by atoms with Crippen LogP contribution in [0.15, 0.2) is 41.6 Å². The van der Waals surface area contributed by atoms with Crippen molar-refractivity contribution in [2.24, 2.45) is 0 Å². The second-order valence-corrected chi connectivity index (χ2v) is 5.88. The van der Waals surface area contributed by atoms with Crippen molar-refractivity contribution in [2.75, 3.05) is 6.61 Å². The second-order valence-electron chi connectivity index (χ2n) is 4.12. The van der Waals surface area contributed by atoms with E-state index >= 15 is 0 Å². The Morgan fingerprint density at radius 3 is 2.90 bits per heavy atom. The first-order chi connectivity index (χ1) is 9.51. The van der Waals surface area contributed by atoms with E-state index in [1.165, 1.54) is 35.3 Å². The van der Waals surface area contributed by atoms with E-state index in [-0.39, 0.29) is 24.6 Å². The van der Waals surface area contributed by atoms with E-state index in [9.17, 15) is 12.8 Å². The lowest BCUT2D eigenvalue weighted by atomic mass is 10.2. The van der Waals surface area contributed by atoms with E-state index < -0.39 is 15.8 Å². The normalized spacial score (nSPS) is 11.7. The monoisotopic (exact) mass is 299 g/mol. The van der Waals surface area contributed by atoms with Crippen LogP contribution in [-0.2, 0) is 23.1 Å². The topological polar surface area (TPSA) is 84.2 Å². The Labute approximate surface area is 115 Å². The van der Waals surface area contributed by atoms with Gasteiger partial charge in [0, 0.05) is 12.7 Å². The van der Waals surface area contributed by atoms with Crippen LogP contribution in [0.3, 0.4) is 0 Å². The van der Waals surface area contributed by atoms with Crippen LogP contribution >= 0.6 is 0 Å². The van der Waals surface area contributed by atoms with E-state index in [2.05, 4.69) is 9.82 Å². The summed E-state index contributed by atoms with van der Waals surface area (Å²) in [6.45, 7) is 0.0859. The van der Waals surface area contributed by atoms with Crippen LogP contribution in [0, 0.1) is 5.82 Å². The van der Waals surface area contributed by atoms with Crippen molar-refractivity contribution in [1.82, 2.24) is 14.5 Å². The summed E-state index contributed by atoms with van der Waals surface area (Å²) in [4.78, 5) is 0.00218. The molecule has 8 heteroatoms. The molecule has 0 atom stereocenters. The first-order valence-electron chi connectivity index (χ1n) is 5.89. The van der Waals surface area contributed by atoms with Gasteiger partial charge in [-0.3, -0.25) is 4.68 Å². The molecule has 6 nitrogen and oxygen atoms in total. The van der Waals surface area contributed by atoms with Gasteiger partial charge in [-0.25, -0.2) is 17.5 Å². The molecule has 2 N–H and O–H groups in total. The van der Waals surface area contributed by atoms with Crippen LogP contribution in [0.25, 0.3) is 0 Å². The molecule has 0 amide bonds. The van der Waals surface area contributed by atoms with Crippen LogP contribution in [0.2, 0.25) is 0 Å². The van der Waals surface area contributed by atoms with E-state index in [1.807, 2.05) is 0 Å². The molecule has 108 valence electrons. The molecule has 0 bridgehead atoms. The van der Waals surface area contributed by atoms with Crippen molar-refractivity contribution >= 4 is 10.0 Å². The number of rotatable bonds is 6. The largest absolute Gasteiger partial charge is 0.394 e. The third-order valence-electron chi connectivity index (χ3n) is 2.60. The summed E-state index contributed by atoms with van der Waals surface area (Å²) in [6, 6.07) is 5.69. The highest BCUT2D eigenvalue weighted by atomic mass is 32.2. The number of sulfonamides is 1. The van der Waals surface area contributed by atoms with Crippen molar-refractivity contribution in [3.05, 3.63) is 48.0 Å². The van der Waals surface area contributed by atoms with Gasteiger partial charge in [-0.05, 0) is 17.7 Å². The van der Waals surface area contributed by atoms with E-state index in [0.29, 0.717) is 5.56 Å². The first-order valence-corrected chi connectivity index (χ1v) is 7.37. The van der Waals surface area contributed by atoms with Gasteiger partial charge < -0.3 is 5.11 Å². The van der Waals surface area contributed by atoms with Crippen LogP contribution < -0.4 is 4.72 Å².